The van der Waals surface area contributed by atoms with Crippen molar-refractivity contribution in [3.05, 3.63) is 33.8 Å². The molecule has 1 N–H and O–H groups in total. The molecule has 2 fully saturated rings. The minimum absolute atomic E-state index is 0.197. The minimum atomic E-state index is 0.197. The van der Waals surface area contributed by atoms with Crippen LogP contribution in [0.4, 0.5) is 0 Å². The normalized spacial score (nSPS) is 27.0. The molecule has 1 amide bonds. The van der Waals surface area contributed by atoms with Gasteiger partial charge >= 0.3 is 0 Å². The first kappa shape index (κ1) is 16.1. The molecular weight excluding hydrogens is 319 g/mol. The molecule has 0 aliphatic carbocycles. The topological polar surface area (TPSA) is 32.3 Å². The molecule has 3 nitrogen and oxygen atoms in total. The maximum absolute atomic E-state index is 12.5. The van der Waals surface area contributed by atoms with E-state index >= 15 is 0 Å². The molecule has 3 rings (SSSR count). The third kappa shape index (κ3) is 3.58. The van der Waals surface area contributed by atoms with Crippen molar-refractivity contribution < 1.29 is 4.79 Å². The maximum Gasteiger partial charge on any atom is 0.222 e. The van der Waals surface area contributed by atoms with E-state index in [1.807, 2.05) is 19.2 Å². The number of rotatable bonds is 4. The summed E-state index contributed by atoms with van der Waals surface area (Å²) in [6.45, 7) is 0.510. The highest BCUT2D eigenvalue weighted by Crippen LogP contribution is 2.33. The van der Waals surface area contributed by atoms with Crippen LogP contribution in [0.25, 0.3) is 0 Å². The predicted octanol–water partition coefficient (Wildman–Crippen LogP) is 3.87. The van der Waals surface area contributed by atoms with Crippen molar-refractivity contribution in [1.29, 1.82) is 0 Å². The molecule has 1 aromatic rings. The number of piperidine rings is 1. The fourth-order valence-corrected chi connectivity index (χ4v) is 4.14. The van der Waals surface area contributed by atoms with Crippen molar-refractivity contribution in [2.24, 2.45) is 5.92 Å². The van der Waals surface area contributed by atoms with Crippen LogP contribution in [0.3, 0.4) is 0 Å². The summed E-state index contributed by atoms with van der Waals surface area (Å²) in [6.07, 6.45) is 5.44. The van der Waals surface area contributed by atoms with Gasteiger partial charge < -0.3 is 10.2 Å². The molecule has 2 unspecified atom stereocenters. The lowest BCUT2D eigenvalue weighted by Gasteiger charge is -2.30. The van der Waals surface area contributed by atoms with E-state index in [-0.39, 0.29) is 5.91 Å². The Labute approximate surface area is 142 Å². The van der Waals surface area contributed by atoms with Gasteiger partial charge in [0, 0.05) is 32.1 Å². The standard InChI is InChI=1S/C17H22Cl2N2O/c1-21(10-12-3-2-4-15(18)17(12)19)16(22)9-11-7-13-5-6-14(8-11)20-13/h2-4,11,13-14,20H,5-10H2,1H3. The Hall–Kier alpha value is -0.770. The number of nitrogens with one attached hydrogen (secondary N) is 1. The fraction of sp³-hybridized carbons (Fsp3) is 0.588. The number of halogens is 2. The van der Waals surface area contributed by atoms with Crippen LogP contribution in [-0.2, 0) is 11.3 Å². The van der Waals surface area contributed by atoms with Crippen molar-refractivity contribution >= 4 is 29.1 Å². The summed E-state index contributed by atoms with van der Waals surface area (Å²) < 4.78 is 0. The molecule has 2 saturated heterocycles. The van der Waals surface area contributed by atoms with Crippen LogP contribution in [0.15, 0.2) is 18.2 Å². The lowest BCUT2D eigenvalue weighted by Crippen LogP contribution is -2.39. The van der Waals surface area contributed by atoms with Gasteiger partial charge in [0.25, 0.3) is 0 Å². The number of hydrogen-bond donors (Lipinski definition) is 1. The zero-order valence-corrected chi connectivity index (χ0v) is 14.3. The van der Waals surface area contributed by atoms with E-state index in [0.29, 0.717) is 41.0 Å². The zero-order chi connectivity index (χ0) is 15.7. The van der Waals surface area contributed by atoms with Gasteiger partial charge in [-0.2, -0.15) is 0 Å². The van der Waals surface area contributed by atoms with E-state index in [2.05, 4.69) is 5.32 Å². The quantitative estimate of drug-likeness (QED) is 0.902. The Morgan fingerprint density at radius 2 is 1.95 bits per heavy atom. The Kier molecular flexibility index (Phi) is 4.96. The van der Waals surface area contributed by atoms with Crippen LogP contribution in [0.2, 0.25) is 10.0 Å². The average molecular weight is 341 g/mol. The van der Waals surface area contributed by atoms with Crippen LogP contribution >= 0.6 is 23.2 Å². The highest BCUT2D eigenvalue weighted by Gasteiger charge is 2.34. The molecule has 2 heterocycles. The van der Waals surface area contributed by atoms with Gasteiger partial charge in [-0.15, -0.1) is 0 Å². The van der Waals surface area contributed by atoms with E-state index in [0.717, 1.165) is 18.4 Å². The molecule has 2 aliphatic heterocycles. The summed E-state index contributed by atoms with van der Waals surface area (Å²) in [5.74, 6) is 0.714. The summed E-state index contributed by atoms with van der Waals surface area (Å²) in [6, 6.07) is 6.81. The number of fused-ring (bicyclic) bond motifs is 2. The number of nitrogens with zero attached hydrogens (tertiary/aromatic N) is 1. The molecule has 2 bridgehead atoms. The number of carbonyl (C=O) groups is 1. The zero-order valence-electron chi connectivity index (χ0n) is 12.8. The van der Waals surface area contributed by atoms with E-state index in [1.54, 1.807) is 11.0 Å². The molecular formula is C17H22Cl2N2O. The lowest BCUT2D eigenvalue weighted by atomic mass is 9.89. The Morgan fingerprint density at radius 1 is 1.27 bits per heavy atom. The summed E-state index contributed by atoms with van der Waals surface area (Å²) in [7, 11) is 1.84. The molecule has 22 heavy (non-hydrogen) atoms. The molecule has 0 radical (unpaired) electrons. The van der Waals surface area contributed by atoms with Crippen molar-refractivity contribution in [2.75, 3.05) is 7.05 Å². The Balaban J connectivity index is 1.56. The fourth-order valence-electron chi connectivity index (χ4n) is 3.76. The number of carbonyl (C=O) groups excluding carboxylic acids is 1. The number of hydrogen-bond acceptors (Lipinski definition) is 2. The first-order valence-electron chi connectivity index (χ1n) is 7.96. The average Bonchev–Trinajstić information content (AvgIpc) is 2.82. The highest BCUT2D eigenvalue weighted by molar-refractivity contribution is 6.42. The van der Waals surface area contributed by atoms with Gasteiger partial charge in [-0.05, 0) is 43.2 Å². The summed E-state index contributed by atoms with van der Waals surface area (Å²) in [5.41, 5.74) is 0.899. The second-order valence-electron chi connectivity index (χ2n) is 6.64. The molecule has 1 aromatic carbocycles. The maximum atomic E-state index is 12.5. The first-order chi connectivity index (χ1) is 10.5. The van der Waals surface area contributed by atoms with Crippen LogP contribution < -0.4 is 5.32 Å². The molecule has 5 heteroatoms. The first-order valence-corrected chi connectivity index (χ1v) is 8.71. The number of amides is 1. The van der Waals surface area contributed by atoms with E-state index < -0.39 is 0 Å². The SMILES string of the molecule is CN(Cc1cccc(Cl)c1Cl)C(=O)CC1CC2CCC(C1)N2. The third-order valence-electron chi connectivity index (χ3n) is 4.90. The summed E-state index contributed by atoms with van der Waals surface area (Å²) in [5, 5.41) is 4.70. The lowest BCUT2D eigenvalue weighted by molar-refractivity contribution is -0.131. The highest BCUT2D eigenvalue weighted by atomic mass is 35.5. The van der Waals surface area contributed by atoms with Crippen molar-refractivity contribution in [2.45, 2.75) is 50.7 Å². The molecule has 0 saturated carbocycles. The van der Waals surface area contributed by atoms with Gasteiger partial charge in [0.15, 0.2) is 0 Å². The second-order valence-corrected chi connectivity index (χ2v) is 7.43. The van der Waals surface area contributed by atoms with E-state index in [9.17, 15) is 4.79 Å². The van der Waals surface area contributed by atoms with Gasteiger partial charge in [-0.1, -0.05) is 35.3 Å². The second kappa shape index (κ2) is 6.77. The van der Waals surface area contributed by atoms with Crippen LogP contribution in [-0.4, -0.2) is 29.9 Å². The van der Waals surface area contributed by atoms with Gasteiger partial charge in [-0.25, -0.2) is 0 Å². The number of benzene rings is 1. The molecule has 0 aromatic heterocycles. The molecule has 2 aliphatic rings. The van der Waals surface area contributed by atoms with Crippen LogP contribution in [0, 0.1) is 5.92 Å². The van der Waals surface area contributed by atoms with E-state index in [1.165, 1.54) is 12.8 Å². The van der Waals surface area contributed by atoms with Crippen LogP contribution in [0.5, 0.6) is 0 Å². The third-order valence-corrected chi connectivity index (χ3v) is 5.76. The van der Waals surface area contributed by atoms with Crippen LogP contribution in [0.1, 0.15) is 37.7 Å². The van der Waals surface area contributed by atoms with Gasteiger partial charge in [0.2, 0.25) is 5.91 Å². The van der Waals surface area contributed by atoms with Crippen molar-refractivity contribution in [3.8, 4) is 0 Å². The molecule has 2 atom stereocenters. The van der Waals surface area contributed by atoms with Crippen molar-refractivity contribution in [3.63, 3.8) is 0 Å². The van der Waals surface area contributed by atoms with E-state index in [4.69, 9.17) is 23.2 Å². The van der Waals surface area contributed by atoms with Crippen molar-refractivity contribution in [1.82, 2.24) is 10.2 Å². The summed E-state index contributed by atoms with van der Waals surface area (Å²) >= 11 is 12.2. The van der Waals surface area contributed by atoms with Gasteiger partial charge in [0.05, 0.1) is 10.0 Å². The smallest absolute Gasteiger partial charge is 0.222 e. The predicted molar refractivity (Wildman–Crippen MR) is 90.2 cm³/mol. The monoisotopic (exact) mass is 340 g/mol. The van der Waals surface area contributed by atoms with Gasteiger partial charge in [-0.3, -0.25) is 4.79 Å². The Morgan fingerprint density at radius 3 is 2.64 bits per heavy atom. The minimum Gasteiger partial charge on any atom is -0.341 e. The largest absolute Gasteiger partial charge is 0.341 e. The van der Waals surface area contributed by atoms with Gasteiger partial charge in [0.1, 0.15) is 0 Å². The molecule has 0 spiro atoms. The summed E-state index contributed by atoms with van der Waals surface area (Å²) in [4.78, 5) is 14.2. The molecule has 120 valence electrons. The Bertz CT molecular complexity index is 552.